The predicted octanol–water partition coefficient (Wildman–Crippen LogP) is 4.33. The molecule has 1 aliphatic rings. The Morgan fingerprint density at radius 2 is 1.92 bits per heavy atom. The summed E-state index contributed by atoms with van der Waals surface area (Å²) in [7, 11) is 0. The van der Waals surface area contributed by atoms with Crippen molar-refractivity contribution in [2.75, 3.05) is 18.4 Å². The van der Waals surface area contributed by atoms with Gasteiger partial charge in [0.25, 0.3) is 11.8 Å². The van der Waals surface area contributed by atoms with Gasteiger partial charge in [0.1, 0.15) is 5.69 Å². The first-order valence-corrected chi connectivity index (χ1v) is 9.19. The van der Waals surface area contributed by atoms with Crippen LogP contribution in [0.15, 0.2) is 23.6 Å². The lowest BCUT2D eigenvalue weighted by Crippen LogP contribution is -2.35. The molecule has 126 valence electrons. The average Bonchev–Trinajstić information content (AvgIpc) is 3.03. The van der Waals surface area contributed by atoms with Crippen LogP contribution >= 0.6 is 34.5 Å². The van der Waals surface area contributed by atoms with E-state index in [-0.39, 0.29) is 16.8 Å². The minimum atomic E-state index is -0.386. The summed E-state index contributed by atoms with van der Waals surface area (Å²) < 4.78 is 0. The molecule has 0 aliphatic carbocycles. The van der Waals surface area contributed by atoms with E-state index >= 15 is 0 Å². The first-order chi connectivity index (χ1) is 11.5. The number of piperidine rings is 1. The number of hydrogen-bond acceptors (Lipinski definition) is 4. The Morgan fingerprint density at radius 3 is 2.62 bits per heavy atom. The molecule has 8 heteroatoms. The zero-order valence-corrected chi connectivity index (χ0v) is 15.0. The van der Waals surface area contributed by atoms with Crippen molar-refractivity contribution in [2.24, 2.45) is 0 Å². The van der Waals surface area contributed by atoms with Crippen LogP contribution in [-0.2, 0) is 0 Å². The van der Waals surface area contributed by atoms with Crippen molar-refractivity contribution in [3.05, 3.63) is 44.9 Å². The van der Waals surface area contributed by atoms with Crippen LogP contribution in [0.3, 0.4) is 0 Å². The van der Waals surface area contributed by atoms with Crippen LogP contribution < -0.4 is 5.32 Å². The van der Waals surface area contributed by atoms with Crippen molar-refractivity contribution in [3.8, 4) is 0 Å². The van der Waals surface area contributed by atoms with Gasteiger partial charge in [0, 0.05) is 23.5 Å². The van der Waals surface area contributed by atoms with Gasteiger partial charge in [0.2, 0.25) is 0 Å². The van der Waals surface area contributed by atoms with Gasteiger partial charge in [-0.15, -0.1) is 11.3 Å². The molecule has 0 atom stereocenters. The average molecular weight is 384 g/mol. The largest absolute Gasteiger partial charge is 0.337 e. The fourth-order valence-corrected chi connectivity index (χ4v) is 3.70. The monoisotopic (exact) mass is 383 g/mol. The third-order valence-corrected chi connectivity index (χ3v) is 5.07. The van der Waals surface area contributed by atoms with Crippen LogP contribution in [0, 0.1) is 0 Å². The number of hydrogen-bond donors (Lipinski definition) is 1. The number of benzene rings is 1. The summed E-state index contributed by atoms with van der Waals surface area (Å²) >= 11 is 13.1. The molecule has 0 bridgehead atoms. The molecule has 5 nitrogen and oxygen atoms in total. The van der Waals surface area contributed by atoms with E-state index < -0.39 is 0 Å². The highest BCUT2D eigenvalue weighted by Gasteiger charge is 2.21. The van der Waals surface area contributed by atoms with Crippen LogP contribution in [0.25, 0.3) is 0 Å². The van der Waals surface area contributed by atoms with Gasteiger partial charge in [-0.3, -0.25) is 14.9 Å². The van der Waals surface area contributed by atoms with Gasteiger partial charge in [-0.2, -0.15) is 0 Å². The molecular weight excluding hydrogens is 369 g/mol. The Balaban J connectivity index is 1.69. The number of likely N-dealkylation sites (tertiary alicyclic amines) is 1. The van der Waals surface area contributed by atoms with Gasteiger partial charge in [0.05, 0.1) is 10.6 Å². The molecule has 2 aromatic rings. The number of anilines is 1. The minimum Gasteiger partial charge on any atom is -0.337 e. The Hall–Kier alpha value is -1.63. The van der Waals surface area contributed by atoms with Gasteiger partial charge >= 0.3 is 0 Å². The molecule has 3 rings (SSSR count). The van der Waals surface area contributed by atoms with E-state index in [0.29, 0.717) is 21.4 Å². The maximum atomic E-state index is 12.4. The van der Waals surface area contributed by atoms with E-state index in [1.165, 1.54) is 17.4 Å². The number of nitrogens with zero attached hydrogens (tertiary/aromatic N) is 2. The second kappa shape index (κ2) is 7.51. The molecule has 0 unspecified atom stereocenters. The third-order valence-electron chi connectivity index (χ3n) is 3.76. The summed E-state index contributed by atoms with van der Waals surface area (Å²) in [6, 6.07) is 4.65. The second-order valence-corrected chi connectivity index (χ2v) is 7.17. The summed E-state index contributed by atoms with van der Waals surface area (Å²) in [5.74, 6) is -0.473. The first kappa shape index (κ1) is 17.2. The fraction of sp³-hybridized carbons (Fsp3) is 0.312. The smallest absolute Gasteiger partial charge is 0.273 e. The third kappa shape index (κ3) is 3.88. The predicted molar refractivity (Wildman–Crippen MR) is 96.3 cm³/mol. The number of amides is 2. The molecule has 0 saturated carbocycles. The number of carbonyl (C=O) groups excluding carboxylic acids is 2. The lowest BCUT2D eigenvalue weighted by Gasteiger charge is -2.25. The van der Waals surface area contributed by atoms with E-state index in [4.69, 9.17) is 23.2 Å². The van der Waals surface area contributed by atoms with Crippen LogP contribution in [0.1, 0.15) is 40.1 Å². The lowest BCUT2D eigenvalue weighted by atomic mass is 10.1. The topological polar surface area (TPSA) is 62.3 Å². The Kier molecular flexibility index (Phi) is 5.38. The Bertz CT molecular complexity index is 772. The molecule has 24 heavy (non-hydrogen) atoms. The van der Waals surface area contributed by atoms with Crippen LogP contribution in [0.2, 0.25) is 10.0 Å². The normalized spacial score (nSPS) is 14.5. The molecule has 1 fully saturated rings. The fourth-order valence-electron chi connectivity index (χ4n) is 2.53. The van der Waals surface area contributed by atoms with Crippen molar-refractivity contribution < 1.29 is 9.59 Å². The van der Waals surface area contributed by atoms with Crippen molar-refractivity contribution in [3.63, 3.8) is 0 Å². The number of rotatable bonds is 3. The van der Waals surface area contributed by atoms with Gasteiger partial charge < -0.3 is 4.90 Å². The van der Waals surface area contributed by atoms with E-state index in [9.17, 15) is 9.59 Å². The van der Waals surface area contributed by atoms with Crippen molar-refractivity contribution >= 4 is 51.5 Å². The maximum Gasteiger partial charge on any atom is 0.273 e. The van der Waals surface area contributed by atoms with Gasteiger partial charge in [-0.25, -0.2) is 4.98 Å². The minimum absolute atomic E-state index is 0.0871. The molecule has 1 N–H and O–H groups in total. The quantitative estimate of drug-likeness (QED) is 0.857. The van der Waals surface area contributed by atoms with Crippen LogP contribution in [0.5, 0.6) is 0 Å². The Labute approximate surface area is 153 Å². The summed E-state index contributed by atoms with van der Waals surface area (Å²) in [5, 5.41) is 5.42. The van der Waals surface area contributed by atoms with Crippen molar-refractivity contribution in [1.29, 1.82) is 0 Å². The molecule has 0 radical (unpaired) electrons. The molecule has 1 aliphatic heterocycles. The van der Waals surface area contributed by atoms with Crippen molar-refractivity contribution in [1.82, 2.24) is 9.88 Å². The highest BCUT2D eigenvalue weighted by atomic mass is 35.5. The molecule has 2 amide bonds. The SMILES string of the molecule is O=C(Nc1nc(C(=O)N2CCCCC2)cs1)c1ccc(Cl)cc1Cl. The lowest BCUT2D eigenvalue weighted by molar-refractivity contribution is 0.0719. The van der Waals surface area contributed by atoms with Gasteiger partial charge in [-0.1, -0.05) is 23.2 Å². The van der Waals surface area contributed by atoms with E-state index in [0.717, 1.165) is 32.4 Å². The van der Waals surface area contributed by atoms with E-state index in [1.54, 1.807) is 22.4 Å². The van der Waals surface area contributed by atoms with E-state index in [1.807, 2.05) is 0 Å². The number of halogens is 2. The summed E-state index contributed by atoms with van der Waals surface area (Å²) in [4.78, 5) is 30.7. The number of aromatic nitrogens is 1. The van der Waals surface area contributed by atoms with Crippen LogP contribution in [0.4, 0.5) is 5.13 Å². The summed E-state index contributed by atoms with van der Waals surface area (Å²) in [6.45, 7) is 1.52. The zero-order valence-electron chi connectivity index (χ0n) is 12.7. The summed E-state index contributed by atoms with van der Waals surface area (Å²) in [6.07, 6.45) is 3.20. The number of nitrogens with one attached hydrogen (secondary N) is 1. The number of carbonyl (C=O) groups is 2. The standard InChI is InChI=1S/C16H15Cl2N3O2S/c17-10-4-5-11(12(18)8-10)14(22)20-16-19-13(9-24-16)15(23)21-6-2-1-3-7-21/h4-5,8-9H,1-3,6-7H2,(H,19,20,22). The zero-order chi connectivity index (χ0) is 17.1. The highest BCUT2D eigenvalue weighted by molar-refractivity contribution is 7.14. The molecular formula is C16H15Cl2N3O2S. The Morgan fingerprint density at radius 1 is 1.17 bits per heavy atom. The highest BCUT2D eigenvalue weighted by Crippen LogP contribution is 2.24. The van der Waals surface area contributed by atoms with Crippen molar-refractivity contribution in [2.45, 2.75) is 19.3 Å². The molecule has 2 heterocycles. The molecule has 1 saturated heterocycles. The number of thiazole rings is 1. The maximum absolute atomic E-state index is 12.4. The van der Waals surface area contributed by atoms with Crippen LogP contribution in [-0.4, -0.2) is 34.8 Å². The molecule has 1 aromatic heterocycles. The van der Waals surface area contributed by atoms with Gasteiger partial charge in [-0.05, 0) is 37.5 Å². The van der Waals surface area contributed by atoms with E-state index in [2.05, 4.69) is 10.3 Å². The first-order valence-electron chi connectivity index (χ1n) is 7.56. The van der Waals surface area contributed by atoms with Gasteiger partial charge in [0.15, 0.2) is 5.13 Å². The molecule has 0 spiro atoms. The molecule has 1 aromatic carbocycles. The second-order valence-electron chi connectivity index (χ2n) is 5.47. The summed E-state index contributed by atoms with van der Waals surface area (Å²) in [5.41, 5.74) is 0.666.